The summed E-state index contributed by atoms with van der Waals surface area (Å²) in [6.07, 6.45) is 10.7. The Morgan fingerprint density at radius 2 is 2.25 bits per heavy atom. The van der Waals surface area contributed by atoms with Gasteiger partial charge in [-0.15, -0.1) is 12.4 Å². The minimum Gasteiger partial charge on any atom is -0.468 e. The summed E-state index contributed by atoms with van der Waals surface area (Å²) in [5, 5.41) is 3.40. The van der Waals surface area contributed by atoms with Crippen LogP contribution in [-0.4, -0.2) is 6.54 Å². The maximum atomic E-state index is 5.25. The predicted octanol–water partition coefficient (Wildman–Crippen LogP) is 3.68. The average molecular weight is 242 g/mol. The normalized spacial score (nSPS) is 15.4. The molecule has 0 atom stereocenters. The number of halogens is 1. The molecule has 0 saturated heterocycles. The second-order valence-corrected chi connectivity index (χ2v) is 4.11. The molecule has 0 saturated carbocycles. The second kappa shape index (κ2) is 7.53. The third kappa shape index (κ3) is 4.42. The Morgan fingerprint density at radius 3 is 2.94 bits per heavy atom. The maximum Gasteiger partial charge on any atom is 0.117 e. The summed E-state index contributed by atoms with van der Waals surface area (Å²) in [5.74, 6) is 1.02. The first-order valence-corrected chi connectivity index (χ1v) is 5.86. The molecule has 3 heteroatoms. The number of nitrogens with one attached hydrogen (secondary N) is 1. The topological polar surface area (TPSA) is 25.2 Å². The molecule has 2 rings (SSSR count). The van der Waals surface area contributed by atoms with Gasteiger partial charge in [0.1, 0.15) is 5.76 Å². The van der Waals surface area contributed by atoms with Crippen LogP contribution in [0.5, 0.6) is 0 Å². The van der Waals surface area contributed by atoms with E-state index in [0.717, 1.165) is 18.8 Å². The van der Waals surface area contributed by atoms with E-state index in [9.17, 15) is 0 Å². The zero-order valence-corrected chi connectivity index (χ0v) is 10.4. The van der Waals surface area contributed by atoms with Crippen molar-refractivity contribution in [3.63, 3.8) is 0 Å². The number of hydrogen-bond acceptors (Lipinski definition) is 2. The van der Waals surface area contributed by atoms with E-state index >= 15 is 0 Å². The third-order valence-corrected chi connectivity index (χ3v) is 2.89. The molecule has 1 heterocycles. The fourth-order valence-corrected chi connectivity index (χ4v) is 2.01. The summed E-state index contributed by atoms with van der Waals surface area (Å²) < 4.78 is 5.25. The Hall–Kier alpha value is -0.730. The number of furan rings is 1. The molecular formula is C13H20ClNO. The molecule has 90 valence electrons. The summed E-state index contributed by atoms with van der Waals surface area (Å²) in [6.45, 7) is 1.91. The summed E-state index contributed by atoms with van der Waals surface area (Å²) in [6, 6.07) is 3.94. The van der Waals surface area contributed by atoms with Gasteiger partial charge in [-0.3, -0.25) is 0 Å². The average Bonchev–Trinajstić information content (AvgIpc) is 2.79. The number of allylic oxidation sites excluding steroid dienone is 1. The molecule has 0 amide bonds. The van der Waals surface area contributed by atoms with Crippen LogP contribution in [-0.2, 0) is 6.54 Å². The van der Waals surface area contributed by atoms with Crippen LogP contribution in [0.4, 0.5) is 0 Å². The van der Waals surface area contributed by atoms with Crippen LogP contribution in [0.25, 0.3) is 0 Å². The van der Waals surface area contributed by atoms with Crippen molar-refractivity contribution < 1.29 is 4.42 Å². The largest absolute Gasteiger partial charge is 0.468 e. The van der Waals surface area contributed by atoms with E-state index in [1.807, 2.05) is 12.1 Å². The van der Waals surface area contributed by atoms with Crippen LogP contribution in [0.2, 0.25) is 0 Å². The van der Waals surface area contributed by atoms with E-state index in [1.54, 1.807) is 11.8 Å². The maximum absolute atomic E-state index is 5.25. The minimum atomic E-state index is 0. The molecule has 0 aliphatic heterocycles. The first kappa shape index (κ1) is 13.3. The van der Waals surface area contributed by atoms with Gasteiger partial charge in [-0.05, 0) is 50.8 Å². The SMILES string of the molecule is C1=C(CCNCc2ccco2)CCCC1.Cl. The lowest BCUT2D eigenvalue weighted by Crippen LogP contribution is -2.15. The summed E-state index contributed by atoms with van der Waals surface area (Å²) >= 11 is 0. The van der Waals surface area contributed by atoms with E-state index < -0.39 is 0 Å². The van der Waals surface area contributed by atoms with Crippen molar-refractivity contribution in [2.45, 2.75) is 38.6 Å². The van der Waals surface area contributed by atoms with Crippen LogP contribution >= 0.6 is 12.4 Å². The zero-order chi connectivity index (χ0) is 10.3. The van der Waals surface area contributed by atoms with E-state index in [1.165, 1.54) is 32.1 Å². The van der Waals surface area contributed by atoms with Gasteiger partial charge >= 0.3 is 0 Å². The lowest BCUT2D eigenvalue weighted by molar-refractivity contribution is 0.483. The summed E-state index contributed by atoms with van der Waals surface area (Å²) in [7, 11) is 0. The van der Waals surface area contributed by atoms with E-state index in [2.05, 4.69) is 11.4 Å². The molecule has 0 unspecified atom stereocenters. The fraction of sp³-hybridized carbons (Fsp3) is 0.538. The van der Waals surface area contributed by atoms with Crippen molar-refractivity contribution in [2.75, 3.05) is 6.54 Å². The highest BCUT2D eigenvalue weighted by Gasteiger charge is 2.02. The van der Waals surface area contributed by atoms with E-state index in [-0.39, 0.29) is 12.4 Å². The molecule has 1 aliphatic rings. The monoisotopic (exact) mass is 241 g/mol. The number of rotatable bonds is 5. The summed E-state index contributed by atoms with van der Waals surface area (Å²) in [5.41, 5.74) is 1.63. The smallest absolute Gasteiger partial charge is 0.117 e. The van der Waals surface area contributed by atoms with Crippen LogP contribution in [0.3, 0.4) is 0 Å². The van der Waals surface area contributed by atoms with Gasteiger partial charge in [0.2, 0.25) is 0 Å². The molecule has 16 heavy (non-hydrogen) atoms. The predicted molar refractivity (Wildman–Crippen MR) is 68.8 cm³/mol. The highest BCUT2D eigenvalue weighted by atomic mass is 35.5. The van der Waals surface area contributed by atoms with E-state index in [0.29, 0.717) is 0 Å². The Labute approximate surface area is 104 Å². The molecular weight excluding hydrogens is 222 g/mol. The Bertz CT molecular complexity index is 306. The Morgan fingerprint density at radius 1 is 1.31 bits per heavy atom. The molecule has 1 aromatic rings. The highest BCUT2D eigenvalue weighted by molar-refractivity contribution is 5.85. The molecule has 1 N–H and O–H groups in total. The van der Waals surface area contributed by atoms with Crippen LogP contribution in [0.1, 0.15) is 37.9 Å². The molecule has 1 aliphatic carbocycles. The third-order valence-electron chi connectivity index (χ3n) is 2.89. The van der Waals surface area contributed by atoms with Gasteiger partial charge in [-0.2, -0.15) is 0 Å². The molecule has 2 nitrogen and oxygen atoms in total. The van der Waals surface area contributed by atoms with Crippen molar-refractivity contribution >= 4 is 12.4 Å². The minimum absolute atomic E-state index is 0. The molecule has 1 aromatic heterocycles. The molecule has 0 spiro atoms. The van der Waals surface area contributed by atoms with Crippen LogP contribution in [0.15, 0.2) is 34.5 Å². The van der Waals surface area contributed by atoms with Gasteiger partial charge in [0, 0.05) is 0 Å². The quantitative estimate of drug-likeness (QED) is 0.629. The first-order chi connectivity index (χ1) is 7.45. The van der Waals surface area contributed by atoms with Gasteiger partial charge in [0.05, 0.1) is 12.8 Å². The molecule has 0 fully saturated rings. The molecule has 0 radical (unpaired) electrons. The van der Waals surface area contributed by atoms with Gasteiger partial charge in [-0.1, -0.05) is 11.6 Å². The van der Waals surface area contributed by atoms with Crippen LogP contribution < -0.4 is 5.32 Å². The van der Waals surface area contributed by atoms with E-state index in [4.69, 9.17) is 4.42 Å². The molecule has 0 aromatic carbocycles. The zero-order valence-electron chi connectivity index (χ0n) is 9.58. The lowest BCUT2D eigenvalue weighted by atomic mass is 9.97. The van der Waals surface area contributed by atoms with Crippen molar-refractivity contribution in [1.82, 2.24) is 5.32 Å². The summed E-state index contributed by atoms with van der Waals surface area (Å²) in [4.78, 5) is 0. The Balaban J connectivity index is 0.00000128. The van der Waals surface area contributed by atoms with Crippen LogP contribution in [0, 0.1) is 0 Å². The molecule has 0 bridgehead atoms. The van der Waals surface area contributed by atoms with Gasteiger partial charge in [0.25, 0.3) is 0 Å². The van der Waals surface area contributed by atoms with Gasteiger partial charge in [0.15, 0.2) is 0 Å². The Kier molecular flexibility index (Phi) is 6.27. The van der Waals surface area contributed by atoms with Crippen molar-refractivity contribution in [1.29, 1.82) is 0 Å². The number of hydrogen-bond donors (Lipinski definition) is 1. The van der Waals surface area contributed by atoms with Gasteiger partial charge < -0.3 is 9.73 Å². The van der Waals surface area contributed by atoms with Crippen molar-refractivity contribution in [2.24, 2.45) is 0 Å². The highest BCUT2D eigenvalue weighted by Crippen LogP contribution is 2.19. The fourth-order valence-electron chi connectivity index (χ4n) is 2.01. The van der Waals surface area contributed by atoms with Crippen molar-refractivity contribution in [3.05, 3.63) is 35.8 Å². The van der Waals surface area contributed by atoms with Gasteiger partial charge in [-0.25, -0.2) is 0 Å². The lowest BCUT2D eigenvalue weighted by Gasteiger charge is -2.12. The van der Waals surface area contributed by atoms with Crippen molar-refractivity contribution in [3.8, 4) is 0 Å². The first-order valence-electron chi connectivity index (χ1n) is 5.86. The standard InChI is InChI=1S/C13H19NO.ClH/c1-2-5-12(6-3-1)8-9-14-11-13-7-4-10-15-13;/h4-5,7,10,14H,1-3,6,8-9,11H2;1H. The second-order valence-electron chi connectivity index (χ2n) is 4.11.